The van der Waals surface area contributed by atoms with E-state index in [-0.39, 0.29) is 23.7 Å². The third kappa shape index (κ3) is 6.28. The molecule has 0 aliphatic carbocycles. The molecule has 2 saturated heterocycles. The Morgan fingerprint density at radius 3 is 1.44 bits per heavy atom. The van der Waals surface area contributed by atoms with Gasteiger partial charge >= 0.3 is 0 Å². The molecule has 0 radical (unpaired) electrons. The van der Waals surface area contributed by atoms with Gasteiger partial charge in [0.25, 0.3) is 8.87 Å². The zero-order valence-electron chi connectivity index (χ0n) is 21.2. The lowest BCUT2D eigenvalue weighted by atomic mass is 9.98. The summed E-state index contributed by atoms with van der Waals surface area (Å²) in [6.07, 6.45) is 4.80. The third-order valence-corrected chi connectivity index (χ3v) is 10.3. The summed E-state index contributed by atoms with van der Waals surface area (Å²) in [5.41, 5.74) is 0.988. The van der Waals surface area contributed by atoms with E-state index >= 15 is 0 Å². The van der Waals surface area contributed by atoms with E-state index in [1.807, 2.05) is 0 Å². The second-order valence-corrected chi connectivity index (χ2v) is 14.1. The second kappa shape index (κ2) is 11.6. The predicted molar refractivity (Wildman–Crippen MR) is 143 cm³/mol. The summed E-state index contributed by atoms with van der Waals surface area (Å²) in [6, 6.07) is 17.7. The number of benzene rings is 3. The van der Waals surface area contributed by atoms with Crippen molar-refractivity contribution in [1.82, 2.24) is 0 Å². The Morgan fingerprint density at radius 1 is 0.641 bits per heavy atom. The molecule has 39 heavy (non-hydrogen) atoms. The first-order chi connectivity index (χ1) is 18.7. The number of hydrogen-bond acceptors (Lipinski definition) is 9. The van der Waals surface area contributed by atoms with E-state index < -0.39 is 22.9 Å². The minimum atomic E-state index is -5.73. The van der Waals surface area contributed by atoms with Crippen LogP contribution in [0.15, 0.2) is 71.6 Å². The van der Waals surface area contributed by atoms with Gasteiger partial charge in [0.15, 0.2) is 12.6 Å². The van der Waals surface area contributed by atoms with Gasteiger partial charge in [-0.15, -0.1) is 0 Å². The fraction of sp³-hybridized carbons (Fsp3) is 0.357. The molecule has 5 rings (SSSR count). The molecule has 3 aromatic carbocycles. The lowest BCUT2D eigenvalue weighted by molar-refractivity contribution is -0.106. The average molecular weight is 574 g/mol. The Balaban J connectivity index is 1.50. The highest BCUT2D eigenvalue weighted by Gasteiger charge is 2.30. The Bertz CT molecular complexity index is 1410. The molecule has 2 atom stereocenters. The van der Waals surface area contributed by atoms with E-state index in [1.165, 1.54) is 12.1 Å². The number of hydrogen-bond donors (Lipinski definition) is 0. The molecule has 2 unspecified atom stereocenters. The van der Waals surface area contributed by atoms with Crippen LogP contribution in [0.5, 0.6) is 11.5 Å². The topological polar surface area (TPSA) is 128 Å². The third-order valence-electron chi connectivity index (χ3n) is 6.68. The molecule has 2 aliphatic heterocycles. The van der Waals surface area contributed by atoms with Crippen molar-refractivity contribution in [3.05, 3.63) is 66.7 Å². The summed E-state index contributed by atoms with van der Waals surface area (Å²) >= 11 is 0. The molecule has 2 aliphatic rings. The van der Waals surface area contributed by atoms with Crippen molar-refractivity contribution in [1.29, 1.82) is 0 Å². The number of rotatable bonds is 8. The Labute approximate surface area is 227 Å². The van der Waals surface area contributed by atoms with Gasteiger partial charge in [-0.3, -0.25) is 0 Å². The van der Waals surface area contributed by atoms with Crippen LogP contribution in [0.1, 0.15) is 38.5 Å². The van der Waals surface area contributed by atoms with Crippen molar-refractivity contribution in [2.24, 2.45) is 0 Å². The lowest BCUT2D eigenvalue weighted by Gasteiger charge is -2.24. The van der Waals surface area contributed by atoms with Crippen molar-refractivity contribution < 1.29 is 40.3 Å². The van der Waals surface area contributed by atoms with Crippen molar-refractivity contribution >= 4 is 18.0 Å². The van der Waals surface area contributed by atoms with E-state index in [1.54, 1.807) is 54.6 Å². The zero-order chi connectivity index (χ0) is 27.5. The van der Waals surface area contributed by atoms with Gasteiger partial charge in [-0.05, 0) is 61.1 Å². The normalized spacial score (nSPS) is 20.3. The second-order valence-electron chi connectivity index (χ2n) is 9.42. The van der Waals surface area contributed by atoms with Crippen LogP contribution in [0.4, 0.5) is 0 Å². The first-order valence-corrected chi connectivity index (χ1v) is 16.2. The molecule has 2 fully saturated rings. The largest absolute Gasteiger partial charge is 0.735 e. The van der Waals surface area contributed by atoms with E-state index in [0.29, 0.717) is 35.8 Å². The Kier molecular flexibility index (Phi) is 8.24. The maximum Gasteiger partial charge on any atom is 0.272 e. The van der Waals surface area contributed by atoms with Gasteiger partial charge in [-0.25, -0.2) is 16.8 Å². The molecule has 3 aromatic rings. The van der Waals surface area contributed by atoms with E-state index in [2.05, 4.69) is 0 Å². The average Bonchev–Trinajstić information content (AvgIpc) is 2.94. The maximum absolute atomic E-state index is 13.1. The molecule has 208 valence electrons. The standard InChI is InChI=1S/C28H30O9S2/c29-38(30,39(31,32)33)28-24(20-10-14-22(15-11-20)36-26-8-1-3-18-34-26)6-5-7-25(28)21-12-16-23(17-13-21)37-27-9-2-4-19-35-27/h5-7,10-17,26-27H,1-4,8-9,18-19H2,(H,31,32,33)/p-1. The summed E-state index contributed by atoms with van der Waals surface area (Å²) in [4.78, 5) is -0.575. The Morgan fingerprint density at radius 2 is 1.08 bits per heavy atom. The van der Waals surface area contributed by atoms with Crippen LogP contribution in [0, 0.1) is 0 Å². The van der Waals surface area contributed by atoms with Crippen LogP contribution in [0.25, 0.3) is 22.3 Å². The highest BCUT2D eigenvalue weighted by atomic mass is 33.2. The smallest absolute Gasteiger partial charge is 0.272 e. The van der Waals surface area contributed by atoms with Gasteiger partial charge in [0.1, 0.15) is 11.5 Å². The molecule has 0 bridgehead atoms. The van der Waals surface area contributed by atoms with E-state index in [9.17, 15) is 21.4 Å². The highest BCUT2D eigenvalue weighted by molar-refractivity contribution is 8.65. The van der Waals surface area contributed by atoms with Gasteiger partial charge in [0.05, 0.1) is 18.1 Å². The molecule has 11 heteroatoms. The van der Waals surface area contributed by atoms with E-state index in [4.69, 9.17) is 18.9 Å². The summed E-state index contributed by atoms with van der Waals surface area (Å²) in [7, 11) is -11.0. The van der Waals surface area contributed by atoms with Crippen molar-refractivity contribution in [3.63, 3.8) is 0 Å². The summed E-state index contributed by atoms with van der Waals surface area (Å²) in [5.74, 6) is 1.06. The summed E-state index contributed by atoms with van der Waals surface area (Å²) < 4.78 is 85.0. The molecular formula is C28H29O9S2-. The first kappa shape index (κ1) is 27.6. The van der Waals surface area contributed by atoms with Crippen LogP contribution >= 0.6 is 0 Å². The van der Waals surface area contributed by atoms with Crippen LogP contribution in [0.3, 0.4) is 0 Å². The molecule has 0 N–H and O–H groups in total. The highest BCUT2D eigenvalue weighted by Crippen LogP contribution is 2.39. The lowest BCUT2D eigenvalue weighted by Crippen LogP contribution is -2.24. The van der Waals surface area contributed by atoms with Gasteiger partial charge in [-0.1, -0.05) is 42.5 Å². The minimum Gasteiger partial charge on any atom is -0.735 e. The predicted octanol–water partition coefficient (Wildman–Crippen LogP) is 5.07. The molecule has 0 aromatic heterocycles. The van der Waals surface area contributed by atoms with Crippen molar-refractivity contribution in [3.8, 4) is 33.8 Å². The maximum atomic E-state index is 13.1. The first-order valence-electron chi connectivity index (χ1n) is 12.8. The molecule has 0 spiro atoms. The molecule has 2 heterocycles. The fourth-order valence-electron chi connectivity index (χ4n) is 4.70. The zero-order valence-corrected chi connectivity index (χ0v) is 22.8. The quantitative estimate of drug-likeness (QED) is 0.268. The molecule has 9 nitrogen and oxygen atoms in total. The van der Waals surface area contributed by atoms with Crippen LogP contribution in [0.2, 0.25) is 0 Å². The van der Waals surface area contributed by atoms with E-state index in [0.717, 1.165) is 38.5 Å². The number of ether oxygens (including phenoxy) is 4. The van der Waals surface area contributed by atoms with Gasteiger partial charge < -0.3 is 23.5 Å². The fourth-order valence-corrected chi connectivity index (χ4v) is 6.97. The van der Waals surface area contributed by atoms with Crippen molar-refractivity contribution in [2.45, 2.75) is 56.0 Å². The minimum absolute atomic E-state index is 0.0864. The van der Waals surface area contributed by atoms with Crippen LogP contribution in [-0.2, 0) is 27.5 Å². The summed E-state index contributed by atoms with van der Waals surface area (Å²) in [5, 5.41) is 0. The van der Waals surface area contributed by atoms with Crippen LogP contribution in [-0.4, -0.2) is 47.2 Å². The Hall–Kier alpha value is -2.96. The van der Waals surface area contributed by atoms with Crippen molar-refractivity contribution in [2.75, 3.05) is 13.2 Å². The van der Waals surface area contributed by atoms with Gasteiger partial charge in [0, 0.05) is 24.0 Å². The molecule has 0 amide bonds. The SMILES string of the molecule is O=S(=O)([O-])S(=O)(=O)c1c(-c2ccc(OC3CCCCO3)cc2)cccc1-c1ccc(OC2CCCCO2)cc1. The van der Waals surface area contributed by atoms with Gasteiger partial charge in [0.2, 0.25) is 9.15 Å². The molecular weight excluding hydrogens is 544 g/mol. The molecule has 0 saturated carbocycles. The summed E-state index contributed by atoms with van der Waals surface area (Å²) in [6.45, 7) is 1.25. The van der Waals surface area contributed by atoms with Crippen LogP contribution < -0.4 is 9.47 Å². The monoisotopic (exact) mass is 573 g/mol. The van der Waals surface area contributed by atoms with Gasteiger partial charge in [-0.2, -0.15) is 0 Å².